The number of benzene rings is 1. The Labute approximate surface area is 104 Å². The molecule has 2 fully saturated rings. The maximum absolute atomic E-state index is 13.7. The van der Waals surface area contributed by atoms with Gasteiger partial charge in [0.15, 0.2) is 0 Å². The molecule has 1 aliphatic heterocycles. The van der Waals surface area contributed by atoms with Gasteiger partial charge in [0.2, 0.25) is 0 Å². The summed E-state index contributed by atoms with van der Waals surface area (Å²) < 4.78 is 26.6. The summed E-state index contributed by atoms with van der Waals surface area (Å²) in [6, 6.07) is 3.78. The first-order valence-corrected chi connectivity index (χ1v) is 6.15. The molecule has 1 saturated carbocycles. The summed E-state index contributed by atoms with van der Waals surface area (Å²) in [5.74, 6) is -0.997. The van der Waals surface area contributed by atoms with Crippen LogP contribution in [0.5, 0.6) is 0 Å². The minimum Gasteiger partial charge on any atom is -0.333 e. The molecular weight excluding hydrogens is 238 g/mol. The van der Waals surface area contributed by atoms with E-state index < -0.39 is 11.6 Å². The van der Waals surface area contributed by atoms with Crippen LogP contribution in [0.1, 0.15) is 30.7 Å². The molecule has 3 rings (SSSR count). The van der Waals surface area contributed by atoms with E-state index in [0.29, 0.717) is 12.0 Å². The quantitative estimate of drug-likeness (QED) is 0.791. The lowest BCUT2D eigenvalue weighted by Gasteiger charge is -2.31. The number of hydrogen-bond donors (Lipinski definition) is 2. The molecule has 96 valence electrons. The van der Waals surface area contributed by atoms with Crippen LogP contribution in [-0.4, -0.2) is 18.1 Å². The standard InChI is InChI=1S/C13H14F2N2O/c14-8-2-3-9(10(15)6-8)7-1-4-11-12(5-7)17-13(18)16-11/h2-3,6-7,11-12H,1,4-5H2,(H2,16,17,18). The molecule has 1 aromatic carbocycles. The van der Waals surface area contributed by atoms with Gasteiger partial charge in [0.25, 0.3) is 0 Å². The highest BCUT2D eigenvalue weighted by Gasteiger charge is 2.38. The number of carbonyl (C=O) groups excluding carboxylic acids is 1. The van der Waals surface area contributed by atoms with Crippen LogP contribution < -0.4 is 10.6 Å². The van der Waals surface area contributed by atoms with Crippen molar-refractivity contribution in [3.8, 4) is 0 Å². The van der Waals surface area contributed by atoms with E-state index in [9.17, 15) is 13.6 Å². The fraction of sp³-hybridized carbons (Fsp3) is 0.462. The molecule has 2 N–H and O–H groups in total. The first-order valence-electron chi connectivity index (χ1n) is 6.15. The molecule has 1 aromatic rings. The third kappa shape index (κ3) is 1.94. The zero-order valence-corrected chi connectivity index (χ0v) is 9.75. The van der Waals surface area contributed by atoms with Crippen LogP contribution in [-0.2, 0) is 0 Å². The molecular formula is C13H14F2N2O. The number of amides is 2. The molecule has 0 bridgehead atoms. The highest BCUT2D eigenvalue weighted by molar-refractivity contribution is 5.77. The van der Waals surface area contributed by atoms with Crippen molar-refractivity contribution < 1.29 is 13.6 Å². The third-order valence-electron chi connectivity index (χ3n) is 3.89. The Kier molecular flexibility index (Phi) is 2.69. The molecule has 18 heavy (non-hydrogen) atoms. The maximum atomic E-state index is 13.7. The van der Waals surface area contributed by atoms with E-state index >= 15 is 0 Å². The van der Waals surface area contributed by atoms with E-state index in [0.717, 1.165) is 18.9 Å². The highest BCUT2D eigenvalue weighted by Crippen LogP contribution is 2.35. The van der Waals surface area contributed by atoms with Crippen LogP contribution in [0.2, 0.25) is 0 Å². The van der Waals surface area contributed by atoms with Crippen molar-refractivity contribution in [2.24, 2.45) is 0 Å². The second kappa shape index (κ2) is 4.23. The van der Waals surface area contributed by atoms with E-state index in [4.69, 9.17) is 0 Å². The van der Waals surface area contributed by atoms with Crippen molar-refractivity contribution in [2.75, 3.05) is 0 Å². The van der Waals surface area contributed by atoms with Crippen molar-refractivity contribution in [2.45, 2.75) is 37.3 Å². The number of urea groups is 1. The van der Waals surface area contributed by atoms with Crippen LogP contribution in [0.3, 0.4) is 0 Å². The van der Waals surface area contributed by atoms with Gasteiger partial charge in [0, 0.05) is 6.07 Å². The van der Waals surface area contributed by atoms with Gasteiger partial charge in [-0.05, 0) is 36.8 Å². The van der Waals surface area contributed by atoms with E-state index in [1.165, 1.54) is 12.1 Å². The van der Waals surface area contributed by atoms with Crippen LogP contribution in [0.15, 0.2) is 18.2 Å². The van der Waals surface area contributed by atoms with Crippen molar-refractivity contribution >= 4 is 6.03 Å². The summed E-state index contributed by atoms with van der Waals surface area (Å²) in [5, 5.41) is 5.69. The van der Waals surface area contributed by atoms with Gasteiger partial charge < -0.3 is 10.6 Å². The monoisotopic (exact) mass is 252 g/mol. The lowest BCUT2D eigenvalue weighted by atomic mass is 9.79. The molecule has 2 amide bonds. The van der Waals surface area contributed by atoms with Gasteiger partial charge in [-0.3, -0.25) is 0 Å². The summed E-state index contributed by atoms with van der Waals surface area (Å²) in [5.41, 5.74) is 0.552. The molecule has 3 atom stereocenters. The lowest BCUT2D eigenvalue weighted by molar-refractivity contribution is 0.247. The summed E-state index contributed by atoms with van der Waals surface area (Å²) in [6.45, 7) is 0. The highest BCUT2D eigenvalue weighted by atomic mass is 19.1. The van der Waals surface area contributed by atoms with Crippen LogP contribution in [0.4, 0.5) is 13.6 Å². The number of carbonyl (C=O) groups is 1. The van der Waals surface area contributed by atoms with Crippen LogP contribution in [0.25, 0.3) is 0 Å². The second-order valence-electron chi connectivity index (χ2n) is 5.01. The molecule has 1 heterocycles. The Hall–Kier alpha value is -1.65. The van der Waals surface area contributed by atoms with Gasteiger partial charge in [-0.1, -0.05) is 6.07 Å². The van der Waals surface area contributed by atoms with Crippen molar-refractivity contribution in [1.82, 2.24) is 10.6 Å². The number of nitrogens with one attached hydrogen (secondary N) is 2. The summed E-state index contributed by atoms with van der Waals surface area (Å²) in [7, 11) is 0. The smallest absolute Gasteiger partial charge is 0.315 e. The fourth-order valence-electron chi connectivity index (χ4n) is 3.00. The molecule has 1 aliphatic carbocycles. The third-order valence-corrected chi connectivity index (χ3v) is 3.89. The molecule has 3 unspecified atom stereocenters. The van der Waals surface area contributed by atoms with Crippen LogP contribution in [0, 0.1) is 11.6 Å². The molecule has 5 heteroatoms. The second-order valence-corrected chi connectivity index (χ2v) is 5.01. The molecule has 3 nitrogen and oxygen atoms in total. The molecule has 2 aliphatic rings. The first kappa shape index (κ1) is 11.4. The lowest BCUT2D eigenvalue weighted by Crippen LogP contribution is -2.39. The maximum Gasteiger partial charge on any atom is 0.315 e. The Morgan fingerprint density at radius 2 is 1.89 bits per heavy atom. The van der Waals surface area contributed by atoms with Crippen molar-refractivity contribution in [3.63, 3.8) is 0 Å². The minimum atomic E-state index is -0.555. The number of rotatable bonds is 1. The predicted octanol–water partition coefficient (Wildman–Crippen LogP) is 2.28. The van der Waals surface area contributed by atoms with Gasteiger partial charge >= 0.3 is 6.03 Å². The van der Waals surface area contributed by atoms with Gasteiger partial charge in [-0.15, -0.1) is 0 Å². The number of fused-ring (bicyclic) bond motifs is 1. The molecule has 0 spiro atoms. The number of halogens is 2. The predicted molar refractivity (Wildman–Crippen MR) is 62.2 cm³/mol. The Bertz CT molecular complexity index is 492. The van der Waals surface area contributed by atoms with Gasteiger partial charge in [0.1, 0.15) is 11.6 Å². The summed E-state index contributed by atoms with van der Waals surface area (Å²) in [4.78, 5) is 11.2. The first-order chi connectivity index (χ1) is 8.63. The van der Waals surface area contributed by atoms with Crippen LogP contribution >= 0.6 is 0 Å². The zero-order chi connectivity index (χ0) is 12.7. The molecule has 0 radical (unpaired) electrons. The molecule has 0 aromatic heterocycles. The van der Waals surface area contributed by atoms with Gasteiger partial charge in [0.05, 0.1) is 12.1 Å². The Balaban J connectivity index is 1.80. The SMILES string of the molecule is O=C1NC2CCC(c3ccc(F)cc3F)CC2N1. The molecule has 1 saturated heterocycles. The van der Waals surface area contributed by atoms with E-state index in [2.05, 4.69) is 10.6 Å². The average molecular weight is 252 g/mol. The van der Waals surface area contributed by atoms with Crippen molar-refractivity contribution in [1.29, 1.82) is 0 Å². The van der Waals surface area contributed by atoms with E-state index in [1.54, 1.807) is 0 Å². The largest absolute Gasteiger partial charge is 0.333 e. The summed E-state index contributed by atoms with van der Waals surface area (Å²) in [6.07, 6.45) is 2.34. The van der Waals surface area contributed by atoms with Gasteiger partial charge in [-0.25, -0.2) is 13.6 Å². The van der Waals surface area contributed by atoms with Gasteiger partial charge in [-0.2, -0.15) is 0 Å². The zero-order valence-electron chi connectivity index (χ0n) is 9.75. The Morgan fingerprint density at radius 3 is 2.67 bits per heavy atom. The Morgan fingerprint density at radius 1 is 1.11 bits per heavy atom. The normalized spacial score (nSPS) is 30.6. The fourth-order valence-corrected chi connectivity index (χ4v) is 3.00. The minimum absolute atomic E-state index is 0.0482. The van der Waals surface area contributed by atoms with E-state index in [-0.39, 0.29) is 24.0 Å². The topological polar surface area (TPSA) is 41.1 Å². The van der Waals surface area contributed by atoms with E-state index in [1.807, 2.05) is 0 Å². The number of hydrogen-bond acceptors (Lipinski definition) is 1. The van der Waals surface area contributed by atoms with Crippen molar-refractivity contribution in [3.05, 3.63) is 35.4 Å². The summed E-state index contributed by atoms with van der Waals surface area (Å²) >= 11 is 0. The average Bonchev–Trinajstić information content (AvgIpc) is 2.68.